The zero-order valence-corrected chi connectivity index (χ0v) is 21.0. The van der Waals surface area contributed by atoms with Gasteiger partial charge in [0.1, 0.15) is 11.3 Å². The van der Waals surface area contributed by atoms with Crippen LogP contribution in [0.2, 0.25) is 0 Å². The van der Waals surface area contributed by atoms with Crippen molar-refractivity contribution in [3.63, 3.8) is 0 Å². The Kier molecular flexibility index (Phi) is 6.07. The van der Waals surface area contributed by atoms with Gasteiger partial charge in [-0.3, -0.25) is 9.69 Å². The van der Waals surface area contributed by atoms with Crippen molar-refractivity contribution in [2.75, 3.05) is 18.8 Å². The zero-order chi connectivity index (χ0) is 26.3. The minimum atomic E-state index is -0.970. The third kappa shape index (κ3) is 4.72. The molecule has 190 valence electrons. The number of carbonyl (C=O) groups excluding carboxylic acids is 1. The molecule has 1 atom stereocenters. The van der Waals surface area contributed by atoms with E-state index in [9.17, 15) is 14.7 Å². The highest BCUT2D eigenvalue weighted by Gasteiger charge is 2.38. The van der Waals surface area contributed by atoms with Crippen LogP contribution in [0.5, 0.6) is 0 Å². The molecule has 1 unspecified atom stereocenters. The number of likely N-dealkylation sites (tertiary alicyclic amines) is 1. The summed E-state index contributed by atoms with van der Waals surface area (Å²) in [5.74, 6) is 0.678. The lowest BCUT2D eigenvalue weighted by Crippen LogP contribution is -2.52. The number of fused-ring (bicyclic) bond motifs is 1. The van der Waals surface area contributed by atoms with Gasteiger partial charge in [0, 0.05) is 35.1 Å². The molecular formula is C28H29N5O4. The van der Waals surface area contributed by atoms with E-state index in [2.05, 4.69) is 4.98 Å². The maximum absolute atomic E-state index is 13.2. The number of nitrogens with two attached hydrogens (primary N) is 1. The van der Waals surface area contributed by atoms with Gasteiger partial charge >= 0.3 is 6.09 Å². The number of nitrogens with zero attached hydrogens (tertiary/aromatic N) is 4. The SMILES string of the molecule is CC(C)(C)N(C(=O)O)C1CCN(C(=O)c2ccc(-c3cnc(N)c(-c4cc5ccccc5o4)n3)cc2)C1. The van der Waals surface area contributed by atoms with E-state index in [0.717, 1.165) is 16.5 Å². The van der Waals surface area contributed by atoms with Crippen LogP contribution in [-0.4, -0.2) is 61.5 Å². The van der Waals surface area contributed by atoms with E-state index in [-0.39, 0.29) is 17.8 Å². The largest absolute Gasteiger partial charge is 0.465 e. The van der Waals surface area contributed by atoms with Crippen molar-refractivity contribution in [3.05, 3.63) is 66.4 Å². The molecule has 1 saturated heterocycles. The maximum Gasteiger partial charge on any atom is 0.408 e. The fraction of sp³-hybridized carbons (Fsp3) is 0.286. The summed E-state index contributed by atoms with van der Waals surface area (Å²) in [7, 11) is 0. The number of anilines is 1. The molecule has 0 saturated carbocycles. The van der Waals surface area contributed by atoms with Crippen LogP contribution in [0.4, 0.5) is 10.6 Å². The van der Waals surface area contributed by atoms with Crippen molar-refractivity contribution in [2.24, 2.45) is 0 Å². The molecule has 2 aromatic heterocycles. The number of nitrogen functional groups attached to an aromatic ring is 1. The van der Waals surface area contributed by atoms with Crippen LogP contribution in [0.3, 0.4) is 0 Å². The van der Waals surface area contributed by atoms with E-state index >= 15 is 0 Å². The second-order valence-corrected chi connectivity index (χ2v) is 10.2. The van der Waals surface area contributed by atoms with Gasteiger partial charge in [0.2, 0.25) is 0 Å². The summed E-state index contributed by atoms with van der Waals surface area (Å²) < 4.78 is 5.92. The number of hydrogen-bond acceptors (Lipinski definition) is 6. The Balaban J connectivity index is 1.34. The van der Waals surface area contributed by atoms with Crippen LogP contribution < -0.4 is 5.73 Å². The molecule has 0 radical (unpaired) electrons. The summed E-state index contributed by atoms with van der Waals surface area (Å²) in [5.41, 5.74) is 8.68. The highest BCUT2D eigenvalue weighted by atomic mass is 16.4. The second-order valence-electron chi connectivity index (χ2n) is 10.2. The van der Waals surface area contributed by atoms with Gasteiger partial charge in [-0.25, -0.2) is 14.8 Å². The number of rotatable bonds is 4. The molecule has 0 spiro atoms. The van der Waals surface area contributed by atoms with Crippen molar-refractivity contribution in [1.82, 2.24) is 19.8 Å². The number of para-hydroxylation sites is 1. The quantitative estimate of drug-likeness (QED) is 0.398. The molecule has 1 fully saturated rings. The standard InChI is InChI=1S/C28H29N5O4/c1-28(2,3)33(27(35)36)20-12-13-32(16-20)26(34)18-10-8-17(9-11-18)21-15-30-25(29)24(31-21)23-14-19-6-4-5-7-22(19)37-23/h4-11,14-15,20H,12-13,16H2,1-3H3,(H2,29,30)(H,35,36). The summed E-state index contributed by atoms with van der Waals surface area (Å²) >= 11 is 0. The fourth-order valence-corrected chi connectivity index (χ4v) is 4.91. The normalized spacial score (nSPS) is 15.8. The summed E-state index contributed by atoms with van der Waals surface area (Å²) in [4.78, 5) is 37.1. The second kappa shape index (κ2) is 9.24. The van der Waals surface area contributed by atoms with E-state index in [0.29, 0.717) is 42.2 Å². The van der Waals surface area contributed by atoms with Crippen LogP contribution in [0.25, 0.3) is 33.7 Å². The number of hydrogen-bond donors (Lipinski definition) is 2. The molecule has 2 aromatic carbocycles. The molecule has 0 aliphatic carbocycles. The first kappa shape index (κ1) is 24.3. The number of furan rings is 1. The van der Waals surface area contributed by atoms with Gasteiger partial charge in [-0.15, -0.1) is 0 Å². The molecule has 9 heteroatoms. The number of carboxylic acid groups (broad SMARTS) is 1. The average Bonchev–Trinajstić information content (AvgIpc) is 3.50. The van der Waals surface area contributed by atoms with E-state index in [1.165, 1.54) is 4.90 Å². The van der Waals surface area contributed by atoms with Gasteiger partial charge in [0.25, 0.3) is 5.91 Å². The first-order valence-corrected chi connectivity index (χ1v) is 12.2. The third-order valence-corrected chi connectivity index (χ3v) is 6.63. The van der Waals surface area contributed by atoms with Gasteiger partial charge in [0.05, 0.1) is 17.9 Å². The van der Waals surface area contributed by atoms with Crippen LogP contribution in [0, 0.1) is 0 Å². The van der Waals surface area contributed by atoms with Gasteiger partial charge < -0.3 is 20.2 Å². The monoisotopic (exact) mass is 499 g/mol. The van der Waals surface area contributed by atoms with Gasteiger partial charge in [0.15, 0.2) is 11.6 Å². The highest BCUT2D eigenvalue weighted by Crippen LogP contribution is 2.31. The summed E-state index contributed by atoms with van der Waals surface area (Å²) in [5, 5.41) is 10.6. The molecule has 3 heterocycles. The molecule has 3 N–H and O–H groups in total. The smallest absolute Gasteiger partial charge is 0.408 e. The lowest BCUT2D eigenvalue weighted by atomic mass is 10.0. The topological polar surface area (TPSA) is 126 Å². The van der Waals surface area contributed by atoms with E-state index < -0.39 is 11.6 Å². The van der Waals surface area contributed by atoms with E-state index in [1.807, 2.05) is 63.2 Å². The third-order valence-electron chi connectivity index (χ3n) is 6.63. The zero-order valence-electron chi connectivity index (χ0n) is 21.0. The summed E-state index contributed by atoms with van der Waals surface area (Å²) in [6.45, 7) is 6.47. The first-order chi connectivity index (χ1) is 17.6. The first-order valence-electron chi connectivity index (χ1n) is 12.2. The molecule has 2 amide bonds. The molecule has 1 aliphatic rings. The van der Waals surface area contributed by atoms with Crippen molar-refractivity contribution < 1.29 is 19.1 Å². The lowest BCUT2D eigenvalue weighted by Gasteiger charge is -2.37. The van der Waals surface area contributed by atoms with Crippen molar-refractivity contribution in [3.8, 4) is 22.7 Å². The van der Waals surface area contributed by atoms with Crippen LogP contribution in [-0.2, 0) is 0 Å². The van der Waals surface area contributed by atoms with Crippen LogP contribution >= 0.6 is 0 Å². The number of carbonyl (C=O) groups is 2. The van der Waals surface area contributed by atoms with Crippen LogP contribution in [0.1, 0.15) is 37.6 Å². The van der Waals surface area contributed by atoms with Crippen LogP contribution in [0.15, 0.2) is 65.2 Å². The average molecular weight is 500 g/mol. The number of amides is 2. The lowest BCUT2D eigenvalue weighted by molar-refractivity contribution is 0.0649. The number of benzene rings is 2. The Bertz CT molecular complexity index is 1440. The van der Waals surface area contributed by atoms with Crippen molar-refractivity contribution in [1.29, 1.82) is 0 Å². The minimum Gasteiger partial charge on any atom is -0.465 e. The van der Waals surface area contributed by atoms with Gasteiger partial charge in [-0.2, -0.15) is 0 Å². The van der Waals surface area contributed by atoms with E-state index in [1.54, 1.807) is 23.2 Å². The summed E-state index contributed by atoms with van der Waals surface area (Å²) in [6.07, 6.45) is 1.23. The number of aromatic nitrogens is 2. The highest BCUT2D eigenvalue weighted by molar-refractivity contribution is 5.95. The molecular weight excluding hydrogens is 470 g/mol. The molecule has 0 bridgehead atoms. The maximum atomic E-state index is 13.2. The predicted molar refractivity (Wildman–Crippen MR) is 141 cm³/mol. The van der Waals surface area contributed by atoms with Gasteiger partial charge in [-0.05, 0) is 51.5 Å². The minimum absolute atomic E-state index is 0.125. The van der Waals surface area contributed by atoms with E-state index in [4.69, 9.17) is 15.1 Å². The molecule has 37 heavy (non-hydrogen) atoms. The Morgan fingerprint density at radius 3 is 2.54 bits per heavy atom. The Hall–Kier alpha value is -4.40. The predicted octanol–water partition coefficient (Wildman–Crippen LogP) is 5.13. The molecule has 4 aromatic rings. The summed E-state index contributed by atoms with van der Waals surface area (Å²) in [6, 6.07) is 16.5. The van der Waals surface area contributed by atoms with Crippen molar-refractivity contribution >= 4 is 28.8 Å². The Morgan fingerprint density at radius 2 is 1.86 bits per heavy atom. The molecule has 5 rings (SSSR count). The fourth-order valence-electron chi connectivity index (χ4n) is 4.91. The Morgan fingerprint density at radius 1 is 1.14 bits per heavy atom. The molecule has 1 aliphatic heterocycles. The molecule has 9 nitrogen and oxygen atoms in total. The van der Waals surface area contributed by atoms with Crippen molar-refractivity contribution in [2.45, 2.75) is 38.8 Å². The Labute approximate surface area is 214 Å². The van der Waals surface area contributed by atoms with Gasteiger partial charge in [-0.1, -0.05) is 30.3 Å².